The van der Waals surface area contributed by atoms with Crippen molar-refractivity contribution in [1.29, 1.82) is 0 Å². The third-order valence-electron chi connectivity index (χ3n) is 6.06. The maximum Gasteiger partial charge on any atom is 0.251 e. The molecule has 0 aliphatic carbocycles. The van der Waals surface area contributed by atoms with Gasteiger partial charge in [-0.15, -0.1) is 0 Å². The molecule has 0 spiro atoms. The molecule has 0 saturated heterocycles. The normalized spacial score (nSPS) is 13.2. The van der Waals surface area contributed by atoms with E-state index in [0.29, 0.717) is 0 Å². The molecule has 0 aliphatic heterocycles. The Hall–Kier alpha value is -3.55. The highest BCUT2D eigenvalue weighted by Gasteiger charge is 2.38. The topological polar surface area (TPSA) is 72.8 Å². The molecule has 1 N–H and O–H groups in total. The van der Waals surface area contributed by atoms with Crippen LogP contribution in [0, 0.1) is 0 Å². The maximum atomic E-state index is 12.7. The molecule has 3 aromatic heterocycles. The monoisotopic (exact) mass is 500 g/mol. The van der Waals surface area contributed by atoms with Crippen LogP contribution in [-0.4, -0.2) is 26.6 Å². The van der Waals surface area contributed by atoms with E-state index in [4.69, 9.17) is 4.74 Å². The van der Waals surface area contributed by atoms with Crippen molar-refractivity contribution in [1.82, 2.24) is 19.5 Å². The summed E-state index contributed by atoms with van der Waals surface area (Å²) in [5, 5.41) is 0.941. The molecule has 6 nitrogen and oxygen atoms in total. The van der Waals surface area contributed by atoms with Crippen molar-refractivity contribution >= 4 is 26.8 Å². The average Bonchev–Trinajstić information content (AvgIpc) is 3.38. The molecule has 0 aliphatic rings. The lowest BCUT2D eigenvalue weighted by molar-refractivity contribution is 0.0552. The molecule has 0 bridgehead atoms. The number of aryl methyl sites for hydroxylation is 1. The summed E-state index contributed by atoms with van der Waals surface area (Å²) in [6, 6.07) is 19.6. The lowest BCUT2D eigenvalue weighted by Crippen LogP contribution is -2.32. The van der Waals surface area contributed by atoms with Crippen molar-refractivity contribution in [3.05, 3.63) is 117 Å². The maximum absolute atomic E-state index is 12.7. The summed E-state index contributed by atoms with van der Waals surface area (Å²) in [7, 11) is 3.48. The van der Waals surface area contributed by atoms with Gasteiger partial charge in [0, 0.05) is 42.5 Å². The summed E-state index contributed by atoms with van der Waals surface area (Å²) in [5.41, 5.74) is 4.27. The number of halogens is 1. The molecule has 164 valence electrons. The van der Waals surface area contributed by atoms with E-state index in [1.165, 1.54) is 0 Å². The first-order valence-electron chi connectivity index (χ1n) is 10.4. The van der Waals surface area contributed by atoms with Gasteiger partial charge in [0.2, 0.25) is 0 Å². The van der Waals surface area contributed by atoms with E-state index in [1.807, 2.05) is 48.5 Å². The van der Waals surface area contributed by atoms with E-state index >= 15 is 0 Å². The van der Waals surface area contributed by atoms with Crippen molar-refractivity contribution in [3.8, 4) is 11.1 Å². The number of pyridine rings is 2. The van der Waals surface area contributed by atoms with Gasteiger partial charge in [0.15, 0.2) is 5.60 Å². The van der Waals surface area contributed by atoms with Gasteiger partial charge in [-0.05, 0) is 58.7 Å². The zero-order valence-electron chi connectivity index (χ0n) is 18.1. The highest BCUT2D eigenvalue weighted by atomic mass is 79.9. The molecule has 5 rings (SSSR count). The fourth-order valence-electron chi connectivity index (χ4n) is 4.43. The van der Waals surface area contributed by atoms with Crippen LogP contribution in [0.4, 0.5) is 0 Å². The first-order chi connectivity index (χ1) is 16.0. The van der Waals surface area contributed by atoms with Crippen LogP contribution in [0.5, 0.6) is 0 Å². The van der Waals surface area contributed by atoms with Gasteiger partial charge < -0.3 is 14.3 Å². The van der Waals surface area contributed by atoms with E-state index in [9.17, 15) is 4.79 Å². The Kier molecular flexibility index (Phi) is 5.44. The molecule has 33 heavy (non-hydrogen) atoms. The zero-order valence-corrected chi connectivity index (χ0v) is 19.7. The minimum atomic E-state index is -0.932. The van der Waals surface area contributed by atoms with Gasteiger partial charge >= 0.3 is 0 Å². The van der Waals surface area contributed by atoms with Crippen LogP contribution >= 0.6 is 15.9 Å². The molecule has 2 aromatic carbocycles. The number of methoxy groups -OCH3 is 1. The summed E-state index contributed by atoms with van der Waals surface area (Å²) in [4.78, 5) is 24.3. The summed E-state index contributed by atoms with van der Waals surface area (Å²) < 4.78 is 8.89. The second-order valence-corrected chi connectivity index (χ2v) is 8.70. The number of aromatic nitrogens is 4. The molecule has 7 heteroatoms. The minimum absolute atomic E-state index is 0.0689. The Balaban J connectivity index is 1.86. The number of nitrogens with zero attached hydrogens (tertiary/aromatic N) is 3. The van der Waals surface area contributed by atoms with Crippen molar-refractivity contribution in [3.63, 3.8) is 0 Å². The number of hydrogen-bond acceptors (Lipinski definition) is 4. The van der Waals surface area contributed by atoms with E-state index in [0.717, 1.165) is 43.3 Å². The molecule has 0 saturated carbocycles. The Morgan fingerprint density at radius 2 is 1.79 bits per heavy atom. The van der Waals surface area contributed by atoms with Gasteiger partial charge in [-0.3, -0.25) is 9.78 Å². The third-order valence-corrected chi connectivity index (χ3v) is 6.55. The average molecular weight is 501 g/mol. The minimum Gasteiger partial charge on any atom is -0.362 e. The second-order valence-electron chi connectivity index (χ2n) is 7.78. The quantitative estimate of drug-likeness (QED) is 0.367. The van der Waals surface area contributed by atoms with E-state index in [2.05, 4.69) is 36.9 Å². The van der Waals surface area contributed by atoms with Crippen LogP contribution in [0.3, 0.4) is 0 Å². The van der Waals surface area contributed by atoms with Crippen LogP contribution < -0.4 is 5.56 Å². The van der Waals surface area contributed by atoms with Crippen molar-refractivity contribution in [2.75, 3.05) is 7.11 Å². The lowest BCUT2D eigenvalue weighted by atomic mass is 9.82. The number of ether oxygens (including phenoxy) is 1. The van der Waals surface area contributed by atoms with Crippen molar-refractivity contribution in [2.24, 2.45) is 7.05 Å². The summed E-state index contributed by atoms with van der Waals surface area (Å²) in [6.45, 7) is 0. The molecule has 0 radical (unpaired) electrons. The highest BCUT2D eigenvalue weighted by Crippen LogP contribution is 2.41. The highest BCUT2D eigenvalue weighted by molar-refractivity contribution is 9.10. The molecule has 1 unspecified atom stereocenters. The van der Waals surface area contributed by atoms with Gasteiger partial charge in [-0.1, -0.05) is 34.1 Å². The van der Waals surface area contributed by atoms with Crippen molar-refractivity contribution in [2.45, 2.75) is 5.60 Å². The smallest absolute Gasteiger partial charge is 0.251 e. The van der Waals surface area contributed by atoms with Crippen molar-refractivity contribution < 1.29 is 4.74 Å². The first-order valence-corrected chi connectivity index (χ1v) is 11.2. The van der Waals surface area contributed by atoms with E-state index in [-0.39, 0.29) is 5.56 Å². The van der Waals surface area contributed by atoms with E-state index < -0.39 is 5.60 Å². The molecular formula is C26H21BrN4O2. The number of imidazole rings is 1. The van der Waals surface area contributed by atoms with Gasteiger partial charge in [-0.2, -0.15) is 0 Å². The van der Waals surface area contributed by atoms with Crippen LogP contribution in [0.15, 0.2) is 94.8 Å². The molecular weight excluding hydrogens is 480 g/mol. The summed E-state index contributed by atoms with van der Waals surface area (Å²) in [5.74, 6) is 0. The first kappa shape index (κ1) is 21.3. The number of aromatic amines is 1. The van der Waals surface area contributed by atoms with Crippen LogP contribution in [0.25, 0.3) is 22.0 Å². The van der Waals surface area contributed by atoms with Gasteiger partial charge in [-0.25, -0.2) is 4.98 Å². The second kappa shape index (κ2) is 8.42. The fourth-order valence-corrected chi connectivity index (χ4v) is 4.83. The molecule has 0 amide bonds. The van der Waals surface area contributed by atoms with Crippen LogP contribution in [-0.2, 0) is 17.4 Å². The molecule has 5 aromatic rings. The zero-order chi connectivity index (χ0) is 23.0. The number of hydrogen-bond donors (Lipinski definition) is 1. The largest absolute Gasteiger partial charge is 0.362 e. The van der Waals surface area contributed by atoms with Crippen LogP contribution in [0.2, 0.25) is 0 Å². The molecule has 1 atom stereocenters. The van der Waals surface area contributed by atoms with Crippen LogP contribution in [0.1, 0.15) is 16.8 Å². The lowest BCUT2D eigenvalue weighted by Gasteiger charge is -2.33. The predicted octanol–water partition coefficient (Wildman–Crippen LogP) is 5.02. The predicted molar refractivity (Wildman–Crippen MR) is 132 cm³/mol. The SMILES string of the molecule is COC(c1cccc(Br)c1)(c1ccc2c(c1)c(-c1ccncc1)cc(=O)n2C)c1cnc[nH]1. The Labute approximate surface area is 199 Å². The standard InChI is InChI=1S/C26H21BrN4O2/c1-31-23-7-6-19(13-22(23)21(14-25(31)32)17-8-10-28-11-9-17)26(33-2,24-15-29-16-30-24)18-4-3-5-20(27)12-18/h3-16H,1-2H3,(H,29,30). The molecule has 0 fully saturated rings. The number of rotatable bonds is 5. The van der Waals surface area contributed by atoms with E-state index in [1.54, 1.807) is 49.7 Å². The summed E-state index contributed by atoms with van der Waals surface area (Å²) in [6.07, 6.45) is 6.88. The van der Waals surface area contributed by atoms with Gasteiger partial charge in [0.05, 0.1) is 23.7 Å². The Morgan fingerprint density at radius 3 is 2.48 bits per heavy atom. The number of nitrogens with one attached hydrogen (secondary N) is 1. The Bertz CT molecular complexity index is 1500. The summed E-state index contributed by atoms with van der Waals surface area (Å²) >= 11 is 3.59. The molecule has 3 heterocycles. The fraction of sp³-hybridized carbons (Fsp3) is 0.115. The van der Waals surface area contributed by atoms with Gasteiger partial charge in [0.1, 0.15) is 0 Å². The Morgan fingerprint density at radius 1 is 1.00 bits per heavy atom. The van der Waals surface area contributed by atoms with Gasteiger partial charge in [0.25, 0.3) is 5.56 Å². The number of fused-ring (bicyclic) bond motifs is 1. The number of H-pyrrole nitrogens is 1. The number of benzene rings is 2. The third kappa shape index (κ3) is 3.50.